The van der Waals surface area contributed by atoms with Gasteiger partial charge in [0.2, 0.25) is 0 Å². The number of anilines is 1. The molecule has 2 aromatic heterocycles. The lowest BCUT2D eigenvalue weighted by molar-refractivity contribution is -0.144. The second kappa shape index (κ2) is 14.6. The minimum Gasteiger partial charge on any atom is -0.480 e. The number of carboxylic acid groups (broad SMARTS) is 1. The van der Waals surface area contributed by atoms with Gasteiger partial charge >= 0.3 is 19.7 Å². The summed E-state index contributed by atoms with van der Waals surface area (Å²) in [6, 6.07) is 15.5. The van der Waals surface area contributed by atoms with E-state index in [1.807, 2.05) is 0 Å². The van der Waals surface area contributed by atoms with Crippen molar-refractivity contribution in [3.63, 3.8) is 0 Å². The number of nitrogens with two attached hydrogens (primary N) is 1. The molecule has 5 N–H and O–H groups in total. The maximum Gasteiger partial charge on any atom is 0.459 e. The molecular formula is C31H37N6O9P. The highest BCUT2D eigenvalue weighted by Gasteiger charge is 2.45. The number of para-hydroxylation sites is 1. The SMILES string of the molecule is CCOC(=O)CCc1ccccc1OP(=O)(NC(C)(Cc1ccccc1)C(=O)O)OC[C@@H]1C[C@@H](O)[C@H](n2cnc3c(N)ncnc32)O1. The van der Waals surface area contributed by atoms with E-state index in [1.54, 1.807) is 61.5 Å². The average molecular weight is 669 g/mol. The first kappa shape index (κ1) is 33.9. The smallest absolute Gasteiger partial charge is 0.459 e. The standard InChI is InChI=1S/C31H37N6O9P/c1-3-43-25(39)14-13-21-11-7-8-12-24(21)46-47(42,36-31(2,30(40)41)16-20-9-5-4-6-10-20)44-17-22-15-23(38)29(45-22)37-19-35-26-27(32)33-18-34-28(26)37/h4-12,18-19,22-23,29,38H,3,13-17H2,1-2H3,(H,36,42)(H,40,41)(H2,32,33,34)/t22-,23+,29+,31?,47?/m0/s1. The molecule has 15 nitrogen and oxygen atoms in total. The molecule has 250 valence electrons. The first-order valence-corrected chi connectivity index (χ1v) is 16.6. The number of aryl methyl sites for hydroxylation is 1. The van der Waals surface area contributed by atoms with Gasteiger partial charge < -0.3 is 29.9 Å². The number of aliphatic hydroxyl groups is 1. The van der Waals surface area contributed by atoms with Crippen LogP contribution in [0.1, 0.15) is 44.0 Å². The molecule has 4 aromatic rings. The fraction of sp³-hybridized carbons (Fsp3) is 0.387. The zero-order valence-electron chi connectivity index (χ0n) is 25.9. The molecule has 47 heavy (non-hydrogen) atoms. The fourth-order valence-electron chi connectivity index (χ4n) is 5.27. The highest BCUT2D eigenvalue weighted by molar-refractivity contribution is 7.52. The van der Waals surface area contributed by atoms with E-state index < -0.39 is 43.7 Å². The first-order chi connectivity index (χ1) is 22.5. The van der Waals surface area contributed by atoms with Gasteiger partial charge in [0.25, 0.3) is 0 Å². The molecule has 0 radical (unpaired) electrons. The molecule has 5 rings (SSSR count). The quantitative estimate of drug-likeness (QED) is 0.106. The van der Waals surface area contributed by atoms with Crippen LogP contribution in [0.5, 0.6) is 5.75 Å². The lowest BCUT2D eigenvalue weighted by Gasteiger charge is -2.31. The molecule has 16 heteroatoms. The van der Waals surface area contributed by atoms with Crippen LogP contribution < -0.4 is 15.3 Å². The number of rotatable bonds is 15. The number of hydrogen-bond acceptors (Lipinski definition) is 12. The molecule has 0 bridgehead atoms. The van der Waals surface area contributed by atoms with Crippen LogP contribution in [0.2, 0.25) is 0 Å². The molecule has 3 heterocycles. The van der Waals surface area contributed by atoms with Crippen molar-refractivity contribution in [2.45, 2.75) is 63.5 Å². The fourth-order valence-corrected chi connectivity index (χ4v) is 7.02. The summed E-state index contributed by atoms with van der Waals surface area (Å²) in [6.07, 6.45) is 0.275. The summed E-state index contributed by atoms with van der Waals surface area (Å²) < 4.78 is 39.1. The Bertz CT molecular complexity index is 1760. The van der Waals surface area contributed by atoms with Crippen molar-refractivity contribution in [1.29, 1.82) is 0 Å². The molecule has 0 saturated carbocycles. The number of carbonyl (C=O) groups excluding carboxylic acids is 1. The van der Waals surface area contributed by atoms with Gasteiger partial charge in [-0.05, 0) is 37.5 Å². The average Bonchev–Trinajstić information content (AvgIpc) is 3.64. The van der Waals surface area contributed by atoms with Crippen molar-refractivity contribution in [2.24, 2.45) is 0 Å². The summed E-state index contributed by atoms with van der Waals surface area (Å²) in [5.74, 6) is -1.39. The molecule has 5 atom stereocenters. The van der Waals surface area contributed by atoms with Crippen LogP contribution in [0.3, 0.4) is 0 Å². The molecule has 2 aromatic carbocycles. The van der Waals surface area contributed by atoms with Crippen LogP contribution in [0.15, 0.2) is 67.3 Å². The largest absolute Gasteiger partial charge is 0.480 e. The summed E-state index contributed by atoms with van der Waals surface area (Å²) in [6.45, 7) is 2.99. The van der Waals surface area contributed by atoms with Gasteiger partial charge in [0.05, 0.1) is 25.6 Å². The van der Waals surface area contributed by atoms with Crippen LogP contribution >= 0.6 is 7.75 Å². The number of aliphatic carboxylic acids is 1. The minimum absolute atomic E-state index is 0.0440. The highest BCUT2D eigenvalue weighted by atomic mass is 31.2. The summed E-state index contributed by atoms with van der Waals surface area (Å²) in [5, 5.41) is 23.9. The van der Waals surface area contributed by atoms with Crippen molar-refractivity contribution >= 4 is 36.7 Å². The Kier molecular flexibility index (Phi) is 10.5. The molecule has 2 unspecified atom stereocenters. The predicted molar refractivity (Wildman–Crippen MR) is 169 cm³/mol. The molecule has 0 aliphatic carbocycles. The van der Waals surface area contributed by atoms with Gasteiger partial charge in [-0.15, -0.1) is 0 Å². The monoisotopic (exact) mass is 668 g/mol. The number of esters is 1. The van der Waals surface area contributed by atoms with Gasteiger partial charge in [-0.25, -0.2) is 19.5 Å². The van der Waals surface area contributed by atoms with E-state index in [0.717, 1.165) is 0 Å². The second-order valence-corrected chi connectivity index (χ2v) is 12.9. The Morgan fingerprint density at radius 1 is 1.15 bits per heavy atom. The Morgan fingerprint density at radius 3 is 2.64 bits per heavy atom. The van der Waals surface area contributed by atoms with Gasteiger partial charge in [-0.3, -0.25) is 18.7 Å². The molecule has 0 spiro atoms. The number of carbonyl (C=O) groups is 2. The van der Waals surface area contributed by atoms with Crippen LogP contribution in [0.4, 0.5) is 5.82 Å². The van der Waals surface area contributed by atoms with Crippen molar-refractivity contribution in [3.8, 4) is 5.75 Å². The second-order valence-electron chi connectivity index (χ2n) is 11.2. The van der Waals surface area contributed by atoms with E-state index in [4.69, 9.17) is 24.3 Å². The van der Waals surface area contributed by atoms with Crippen LogP contribution in [0, 0.1) is 0 Å². The normalized spacial score (nSPS) is 20.4. The maximum atomic E-state index is 14.6. The number of ether oxygens (including phenoxy) is 2. The van der Waals surface area contributed by atoms with Gasteiger partial charge in [0, 0.05) is 19.3 Å². The van der Waals surface area contributed by atoms with Crippen LogP contribution in [-0.4, -0.2) is 72.6 Å². The summed E-state index contributed by atoms with van der Waals surface area (Å²) in [4.78, 5) is 37.0. The number of imidazole rings is 1. The first-order valence-electron chi connectivity index (χ1n) is 15.0. The molecule has 1 aliphatic heterocycles. The Hall–Kier alpha value is -4.40. The Balaban J connectivity index is 1.39. The van der Waals surface area contributed by atoms with Gasteiger partial charge in [0.15, 0.2) is 17.7 Å². The van der Waals surface area contributed by atoms with Gasteiger partial charge in [0.1, 0.15) is 29.2 Å². The highest BCUT2D eigenvalue weighted by Crippen LogP contribution is 2.48. The Labute approximate surface area is 270 Å². The van der Waals surface area contributed by atoms with Crippen LogP contribution in [0.25, 0.3) is 11.2 Å². The number of hydrogen-bond donors (Lipinski definition) is 4. The van der Waals surface area contributed by atoms with Gasteiger partial charge in [-0.1, -0.05) is 48.5 Å². The molecule has 0 amide bonds. The number of nitrogens with one attached hydrogen (secondary N) is 1. The number of fused-ring (bicyclic) bond motifs is 1. The zero-order valence-corrected chi connectivity index (χ0v) is 26.8. The molecule has 1 fully saturated rings. The number of benzene rings is 2. The van der Waals surface area contributed by atoms with Crippen molar-refractivity contribution < 1.29 is 42.9 Å². The van der Waals surface area contributed by atoms with E-state index >= 15 is 0 Å². The third-order valence-electron chi connectivity index (χ3n) is 7.61. The zero-order chi connectivity index (χ0) is 33.6. The van der Waals surface area contributed by atoms with Crippen LogP contribution in [-0.2, 0) is 41.0 Å². The summed E-state index contributed by atoms with van der Waals surface area (Å²) >= 11 is 0. The molecule has 1 aliphatic rings. The van der Waals surface area contributed by atoms with E-state index in [2.05, 4.69) is 20.0 Å². The maximum absolute atomic E-state index is 14.6. The van der Waals surface area contributed by atoms with Crippen molar-refractivity contribution in [1.82, 2.24) is 24.6 Å². The lowest BCUT2D eigenvalue weighted by Crippen LogP contribution is -2.50. The summed E-state index contributed by atoms with van der Waals surface area (Å²) in [5.41, 5.74) is 6.01. The topological polar surface area (TPSA) is 210 Å². The number of carboxylic acids is 1. The third-order valence-corrected chi connectivity index (χ3v) is 9.30. The number of aliphatic hydroxyl groups excluding tert-OH is 1. The minimum atomic E-state index is -4.50. The van der Waals surface area contributed by atoms with Gasteiger partial charge in [-0.2, -0.15) is 5.09 Å². The van der Waals surface area contributed by atoms with Crippen molar-refractivity contribution in [2.75, 3.05) is 18.9 Å². The van der Waals surface area contributed by atoms with Crippen molar-refractivity contribution in [3.05, 3.63) is 78.4 Å². The predicted octanol–water partition coefficient (Wildman–Crippen LogP) is 3.43. The molecule has 1 saturated heterocycles. The van der Waals surface area contributed by atoms with E-state index in [9.17, 15) is 24.4 Å². The van der Waals surface area contributed by atoms with E-state index in [-0.39, 0.29) is 50.5 Å². The molecular weight excluding hydrogens is 631 g/mol. The van der Waals surface area contributed by atoms with E-state index in [1.165, 1.54) is 24.1 Å². The summed E-state index contributed by atoms with van der Waals surface area (Å²) in [7, 11) is -4.50. The Morgan fingerprint density at radius 2 is 1.89 bits per heavy atom. The number of nitrogen functional groups attached to an aromatic ring is 1. The van der Waals surface area contributed by atoms with E-state index in [0.29, 0.717) is 22.3 Å². The third kappa shape index (κ3) is 8.13. The number of nitrogens with zero attached hydrogens (tertiary/aromatic N) is 4. The lowest BCUT2D eigenvalue weighted by atomic mass is 9.94. The number of aromatic nitrogens is 4.